The molecular weight excluding hydrogens is 262 g/mol. The molecule has 0 aliphatic heterocycles. The number of nitrogens with one attached hydrogen (secondary N) is 1. The highest BCUT2D eigenvalue weighted by Gasteiger charge is 2.26. The molecule has 122 valence electrons. The quantitative estimate of drug-likeness (QED) is 0.756. The van der Waals surface area contributed by atoms with Gasteiger partial charge in [-0.05, 0) is 38.5 Å². The number of rotatable bonds is 7. The van der Waals surface area contributed by atoms with Gasteiger partial charge in [-0.25, -0.2) is 0 Å². The molecule has 0 aromatic heterocycles. The first-order valence-electron chi connectivity index (χ1n) is 9.12. The number of hydrogen-bond donors (Lipinski definition) is 2. The van der Waals surface area contributed by atoms with Gasteiger partial charge in [-0.2, -0.15) is 0 Å². The SMILES string of the molecule is CC(NCCC(=O)C1CCCCC1)C(O)C1CCCCC1. The van der Waals surface area contributed by atoms with E-state index in [4.69, 9.17) is 0 Å². The Bertz CT molecular complexity index is 306. The van der Waals surface area contributed by atoms with Gasteiger partial charge in [0.15, 0.2) is 0 Å². The molecule has 2 fully saturated rings. The Morgan fingerprint density at radius 2 is 1.62 bits per heavy atom. The summed E-state index contributed by atoms with van der Waals surface area (Å²) in [5.41, 5.74) is 0. The van der Waals surface area contributed by atoms with E-state index in [0.717, 1.165) is 32.2 Å². The minimum atomic E-state index is -0.255. The van der Waals surface area contributed by atoms with Crippen LogP contribution in [0.25, 0.3) is 0 Å². The Morgan fingerprint density at radius 3 is 2.24 bits per heavy atom. The highest BCUT2D eigenvalue weighted by atomic mass is 16.3. The van der Waals surface area contributed by atoms with E-state index in [1.165, 1.54) is 38.5 Å². The molecule has 3 nitrogen and oxygen atoms in total. The van der Waals surface area contributed by atoms with Gasteiger partial charge in [0.25, 0.3) is 0 Å². The first-order valence-corrected chi connectivity index (χ1v) is 9.12. The molecule has 0 heterocycles. The van der Waals surface area contributed by atoms with E-state index >= 15 is 0 Å². The van der Waals surface area contributed by atoms with Gasteiger partial charge in [0.2, 0.25) is 0 Å². The van der Waals surface area contributed by atoms with Gasteiger partial charge in [0.1, 0.15) is 5.78 Å². The molecule has 0 radical (unpaired) electrons. The van der Waals surface area contributed by atoms with Crippen LogP contribution < -0.4 is 5.32 Å². The molecule has 0 spiro atoms. The number of carbonyl (C=O) groups excluding carboxylic acids is 1. The fourth-order valence-corrected chi connectivity index (χ4v) is 4.06. The number of aliphatic hydroxyl groups excluding tert-OH is 1. The molecule has 2 rings (SSSR count). The second kappa shape index (κ2) is 8.89. The third-order valence-electron chi connectivity index (χ3n) is 5.54. The molecule has 2 N–H and O–H groups in total. The lowest BCUT2D eigenvalue weighted by molar-refractivity contribution is -0.123. The van der Waals surface area contributed by atoms with Crippen molar-refractivity contribution >= 4 is 5.78 Å². The molecule has 0 aromatic carbocycles. The van der Waals surface area contributed by atoms with Crippen molar-refractivity contribution in [2.45, 2.75) is 89.7 Å². The van der Waals surface area contributed by atoms with Crippen LogP contribution in [-0.2, 0) is 4.79 Å². The minimum Gasteiger partial charge on any atom is -0.391 e. The van der Waals surface area contributed by atoms with Crippen LogP contribution in [0.15, 0.2) is 0 Å². The molecule has 0 bridgehead atoms. The molecule has 0 aromatic rings. The Kier molecular flexibility index (Phi) is 7.18. The van der Waals surface area contributed by atoms with Crippen LogP contribution in [0.2, 0.25) is 0 Å². The molecule has 2 unspecified atom stereocenters. The van der Waals surface area contributed by atoms with Gasteiger partial charge in [-0.1, -0.05) is 38.5 Å². The van der Waals surface area contributed by atoms with Gasteiger partial charge in [-0.3, -0.25) is 4.79 Å². The van der Waals surface area contributed by atoms with E-state index in [2.05, 4.69) is 12.2 Å². The third kappa shape index (κ3) is 5.37. The van der Waals surface area contributed by atoms with Crippen molar-refractivity contribution in [3.8, 4) is 0 Å². The number of carbonyl (C=O) groups is 1. The van der Waals surface area contributed by atoms with Crippen molar-refractivity contribution in [1.82, 2.24) is 5.32 Å². The van der Waals surface area contributed by atoms with Crippen LogP contribution in [0.1, 0.15) is 77.6 Å². The lowest BCUT2D eigenvalue weighted by Gasteiger charge is -2.31. The Balaban J connectivity index is 1.63. The zero-order valence-electron chi connectivity index (χ0n) is 13.7. The smallest absolute Gasteiger partial charge is 0.137 e. The normalized spacial score (nSPS) is 24.7. The summed E-state index contributed by atoms with van der Waals surface area (Å²) in [4.78, 5) is 12.1. The van der Waals surface area contributed by atoms with Crippen molar-refractivity contribution < 1.29 is 9.90 Å². The molecule has 0 saturated heterocycles. The molecule has 2 atom stereocenters. The maximum atomic E-state index is 12.1. The molecule has 2 aliphatic rings. The van der Waals surface area contributed by atoms with Crippen molar-refractivity contribution in [3.63, 3.8) is 0 Å². The maximum Gasteiger partial charge on any atom is 0.137 e. The maximum absolute atomic E-state index is 12.1. The summed E-state index contributed by atoms with van der Waals surface area (Å²) in [5.74, 6) is 1.20. The fraction of sp³-hybridized carbons (Fsp3) is 0.944. The topological polar surface area (TPSA) is 49.3 Å². The van der Waals surface area contributed by atoms with Gasteiger partial charge >= 0.3 is 0 Å². The average molecular weight is 295 g/mol. The monoisotopic (exact) mass is 295 g/mol. The summed E-state index contributed by atoms with van der Waals surface area (Å²) in [6.45, 7) is 2.78. The van der Waals surface area contributed by atoms with Crippen molar-refractivity contribution in [1.29, 1.82) is 0 Å². The lowest BCUT2D eigenvalue weighted by atomic mass is 9.83. The summed E-state index contributed by atoms with van der Waals surface area (Å²) in [7, 11) is 0. The van der Waals surface area contributed by atoms with Crippen molar-refractivity contribution in [2.75, 3.05) is 6.54 Å². The van der Waals surface area contributed by atoms with E-state index in [-0.39, 0.29) is 12.1 Å². The Labute approximate surface area is 129 Å². The average Bonchev–Trinajstić information content (AvgIpc) is 2.55. The molecular formula is C18H33NO2. The van der Waals surface area contributed by atoms with E-state index in [9.17, 15) is 9.90 Å². The number of ketones is 1. The van der Waals surface area contributed by atoms with E-state index in [0.29, 0.717) is 24.0 Å². The summed E-state index contributed by atoms with van der Waals surface area (Å²) < 4.78 is 0. The number of hydrogen-bond acceptors (Lipinski definition) is 3. The van der Waals surface area contributed by atoms with Crippen LogP contribution >= 0.6 is 0 Å². The highest BCUT2D eigenvalue weighted by Crippen LogP contribution is 2.28. The summed E-state index contributed by atoms with van der Waals surface area (Å²) in [5, 5.41) is 13.8. The summed E-state index contributed by atoms with van der Waals surface area (Å²) >= 11 is 0. The van der Waals surface area contributed by atoms with Gasteiger partial charge < -0.3 is 10.4 Å². The second-order valence-corrected chi connectivity index (χ2v) is 7.18. The van der Waals surface area contributed by atoms with Crippen molar-refractivity contribution in [3.05, 3.63) is 0 Å². The van der Waals surface area contributed by atoms with Crippen LogP contribution in [0, 0.1) is 11.8 Å². The molecule has 0 amide bonds. The second-order valence-electron chi connectivity index (χ2n) is 7.18. The first-order chi connectivity index (χ1) is 10.2. The fourth-order valence-electron chi connectivity index (χ4n) is 4.06. The van der Waals surface area contributed by atoms with Gasteiger partial charge in [-0.15, -0.1) is 0 Å². The van der Waals surface area contributed by atoms with Gasteiger partial charge in [0, 0.05) is 24.9 Å². The van der Waals surface area contributed by atoms with Crippen LogP contribution in [0.5, 0.6) is 0 Å². The first kappa shape index (κ1) is 17.0. The van der Waals surface area contributed by atoms with Crippen molar-refractivity contribution in [2.24, 2.45) is 11.8 Å². The predicted molar refractivity (Wildman–Crippen MR) is 86.2 cm³/mol. The van der Waals surface area contributed by atoms with Gasteiger partial charge in [0.05, 0.1) is 6.10 Å². The zero-order valence-corrected chi connectivity index (χ0v) is 13.7. The summed E-state index contributed by atoms with van der Waals surface area (Å²) in [6.07, 6.45) is 12.5. The van der Waals surface area contributed by atoms with E-state index < -0.39 is 0 Å². The lowest BCUT2D eigenvalue weighted by Crippen LogP contribution is -2.43. The third-order valence-corrected chi connectivity index (χ3v) is 5.54. The number of aliphatic hydroxyl groups is 1. The zero-order chi connectivity index (χ0) is 15.1. The van der Waals surface area contributed by atoms with Crippen LogP contribution in [0.4, 0.5) is 0 Å². The number of Topliss-reactive ketones (excluding diaryl/α,β-unsaturated/α-hetero) is 1. The highest BCUT2D eigenvalue weighted by molar-refractivity contribution is 5.81. The standard InChI is InChI=1S/C18H33NO2/c1-14(18(21)16-10-6-3-7-11-16)19-13-12-17(20)15-8-4-2-5-9-15/h14-16,18-19,21H,2-13H2,1H3. The van der Waals surface area contributed by atoms with Crippen LogP contribution in [0.3, 0.4) is 0 Å². The molecule has 21 heavy (non-hydrogen) atoms. The molecule has 3 heteroatoms. The molecule has 2 saturated carbocycles. The predicted octanol–water partition coefficient (Wildman–Crippen LogP) is 3.45. The largest absolute Gasteiger partial charge is 0.391 e. The summed E-state index contributed by atoms with van der Waals surface area (Å²) in [6, 6.07) is 0.104. The Morgan fingerprint density at radius 1 is 1.05 bits per heavy atom. The van der Waals surface area contributed by atoms with E-state index in [1.54, 1.807) is 0 Å². The Hall–Kier alpha value is -0.410. The van der Waals surface area contributed by atoms with E-state index in [1.807, 2.05) is 0 Å². The molecule has 2 aliphatic carbocycles. The van der Waals surface area contributed by atoms with Crippen LogP contribution in [-0.4, -0.2) is 29.6 Å². The minimum absolute atomic E-state index is 0.104.